The Hall–Kier alpha value is -0.580. The molecule has 1 fully saturated rings. The second-order valence-electron chi connectivity index (χ2n) is 4.29. The van der Waals surface area contributed by atoms with E-state index in [9.17, 15) is 4.79 Å². The predicted molar refractivity (Wildman–Crippen MR) is 73.3 cm³/mol. The lowest BCUT2D eigenvalue weighted by Gasteiger charge is -2.35. The maximum Gasteiger partial charge on any atom is 0.234 e. The van der Waals surface area contributed by atoms with E-state index < -0.39 is 0 Å². The van der Waals surface area contributed by atoms with Gasteiger partial charge in [-0.1, -0.05) is 12.5 Å². The van der Waals surface area contributed by atoms with Gasteiger partial charge in [0.05, 0.1) is 6.54 Å². The average molecular weight is 262 g/mol. The minimum absolute atomic E-state index is 0. The average Bonchev–Trinajstić information content (AvgIpc) is 2.29. The van der Waals surface area contributed by atoms with Gasteiger partial charge in [-0.05, 0) is 32.4 Å². The molecule has 0 aliphatic carbocycles. The van der Waals surface area contributed by atoms with E-state index in [0.29, 0.717) is 25.7 Å². The maximum absolute atomic E-state index is 11.6. The maximum atomic E-state index is 11.6. The fourth-order valence-corrected chi connectivity index (χ4v) is 2.21. The predicted octanol–water partition coefficient (Wildman–Crippen LogP) is 0.914. The Bertz CT molecular complexity index is 234. The van der Waals surface area contributed by atoms with E-state index in [1.807, 2.05) is 0 Å². The van der Waals surface area contributed by atoms with Crippen LogP contribution in [-0.2, 0) is 4.79 Å². The molecule has 1 rings (SSSR count). The van der Waals surface area contributed by atoms with Gasteiger partial charge < -0.3 is 11.1 Å². The second kappa shape index (κ2) is 9.45. The summed E-state index contributed by atoms with van der Waals surface area (Å²) in [6.07, 6.45) is 6.32. The van der Waals surface area contributed by atoms with Crippen LogP contribution < -0.4 is 11.1 Å². The molecule has 1 amide bonds. The van der Waals surface area contributed by atoms with Gasteiger partial charge in [-0.15, -0.1) is 19.0 Å². The molecule has 5 heteroatoms. The number of nitrogens with two attached hydrogens (primary N) is 1. The number of amides is 1. The first-order valence-electron chi connectivity index (χ1n) is 6.09. The second-order valence-corrected chi connectivity index (χ2v) is 4.29. The molecule has 1 aliphatic heterocycles. The molecule has 1 saturated heterocycles. The fourth-order valence-electron chi connectivity index (χ4n) is 2.21. The molecule has 0 aromatic heterocycles. The van der Waals surface area contributed by atoms with Crippen molar-refractivity contribution in [3.63, 3.8) is 0 Å². The summed E-state index contributed by atoms with van der Waals surface area (Å²) < 4.78 is 0. The third-order valence-corrected chi connectivity index (χ3v) is 3.04. The van der Waals surface area contributed by atoms with Crippen molar-refractivity contribution in [3.05, 3.63) is 12.7 Å². The highest BCUT2D eigenvalue weighted by Crippen LogP contribution is 2.18. The monoisotopic (exact) mass is 261 g/mol. The first-order valence-corrected chi connectivity index (χ1v) is 6.09. The van der Waals surface area contributed by atoms with E-state index in [-0.39, 0.29) is 18.3 Å². The number of rotatable bonds is 6. The number of halogens is 1. The first-order chi connectivity index (χ1) is 7.77. The van der Waals surface area contributed by atoms with Crippen LogP contribution in [0.2, 0.25) is 0 Å². The Morgan fingerprint density at radius 1 is 1.53 bits per heavy atom. The van der Waals surface area contributed by atoms with Crippen molar-refractivity contribution in [1.82, 2.24) is 10.2 Å². The summed E-state index contributed by atoms with van der Waals surface area (Å²) in [5.74, 6) is 0.0869. The van der Waals surface area contributed by atoms with Gasteiger partial charge in [-0.25, -0.2) is 0 Å². The molecule has 3 N–H and O–H groups in total. The van der Waals surface area contributed by atoms with E-state index in [1.165, 1.54) is 19.3 Å². The number of hydrogen-bond acceptors (Lipinski definition) is 3. The molecule has 100 valence electrons. The zero-order chi connectivity index (χ0) is 11.8. The van der Waals surface area contributed by atoms with Crippen LogP contribution in [0.1, 0.15) is 25.7 Å². The van der Waals surface area contributed by atoms with Crippen molar-refractivity contribution in [2.24, 2.45) is 5.73 Å². The number of piperidine rings is 1. The van der Waals surface area contributed by atoms with Crippen molar-refractivity contribution in [2.45, 2.75) is 31.7 Å². The van der Waals surface area contributed by atoms with Crippen LogP contribution in [0.4, 0.5) is 0 Å². The van der Waals surface area contributed by atoms with Crippen molar-refractivity contribution < 1.29 is 4.79 Å². The third-order valence-electron chi connectivity index (χ3n) is 3.04. The summed E-state index contributed by atoms with van der Waals surface area (Å²) in [6.45, 7) is 6.35. The zero-order valence-electron chi connectivity index (χ0n) is 10.4. The van der Waals surface area contributed by atoms with Crippen molar-refractivity contribution in [2.75, 3.05) is 26.2 Å². The zero-order valence-corrected chi connectivity index (χ0v) is 11.2. The quantitative estimate of drug-likeness (QED) is 0.699. The molecule has 1 heterocycles. The van der Waals surface area contributed by atoms with Crippen molar-refractivity contribution >= 4 is 18.3 Å². The highest BCUT2D eigenvalue weighted by atomic mass is 35.5. The Kier molecular flexibility index (Phi) is 9.13. The molecule has 0 spiro atoms. The largest absolute Gasteiger partial charge is 0.352 e. The van der Waals surface area contributed by atoms with Crippen molar-refractivity contribution in [1.29, 1.82) is 0 Å². The van der Waals surface area contributed by atoms with E-state index in [4.69, 9.17) is 5.73 Å². The van der Waals surface area contributed by atoms with Crippen LogP contribution in [0.25, 0.3) is 0 Å². The summed E-state index contributed by atoms with van der Waals surface area (Å²) in [6, 6.07) is 0.494. The van der Waals surface area contributed by atoms with Crippen LogP contribution >= 0.6 is 12.4 Å². The van der Waals surface area contributed by atoms with Gasteiger partial charge in [-0.3, -0.25) is 9.69 Å². The molecule has 17 heavy (non-hydrogen) atoms. The molecule has 0 saturated carbocycles. The molecule has 0 radical (unpaired) electrons. The van der Waals surface area contributed by atoms with Crippen LogP contribution in [0.5, 0.6) is 0 Å². The topological polar surface area (TPSA) is 58.4 Å². The Labute approximate surface area is 110 Å². The standard InChI is InChI=1S/C12H23N3O.ClH/c1-2-8-14-12(16)10-15-9-4-3-5-11(15)6-7-13;/h2,11H,1,3-10,13H2,(H,14,16);1H. The van der Waals surface area contributed by atoms with Crippen LogP contribution in [0.3, 0.4) is 0 Å². The highest BCUT2D eigenvalue weighted by molar-refractivity contribution is 5.85. The van der Waals surface area contributed by atoms with Gasteiger partial charge >= 0.3 is 0 Å². The highest BCUT2D eigenvalue weighted by Gasteiger charge is 2.23. The summed E-state index contributed by atoms with van der Waals surface area (Å²) >= 11 is 0. The van der Waals surface area contributed by atoms with Crippen molar-refractivity contribution in [3.8, 4) is 0 Å². The fraction of sp³-hybridized carbons (Fsp3) is 0.750. The molecular formula is C12H24ClN3O. The SMILES string of the molecule is C=CCNC(=O)CN1CCCCC1CCN.Cl. The molecule has 4 nitrogen and oxygen atoms in total. The number of nitrogens with one attached hydrogen (secondary N) is 1. The van der Waals surface area contributed by atoms with E-state index >= 15 is 0 Å². The van der Waals surface area contributed by atoms with Gasteiger partial charge in [0.2, 0.25) is 5.91 Å². The summed E-state index contributed by atoms with van der Waals surface area (Å²) in [7, 11) is 0. The Morgan fingerprint density at radius 3 is 2.94 bits per heavy atom. The van der Waals surface area contributed by atoms with Crippen LogP contribution in [-0.4, -0.2) is 43.0 Å². The summed E-state index contributed by atoms with van der Waals surface area (Å²) in [4.78, 5) is 13.8. The van der Waals surface area contributed by atoms with E-state index in [2.05, 4.69) is 16.8 Å². The van der Waals surface area contributed by atoms with Gasteiger partial charge in [0.1, 0.15) is 0 Å². The normalized spacial score (nSPS) is 20.4. The number of nitrogens with zero attached hydrogens (tertiary/aromatic N) is 1. The van der Waals surface area contributed by atoms with Gasteiger partial charge in [0, 0.05) is 12.6 Å². The molecule has 1 aliphatic rings. The van der Waals surface area contributed by atoms with E-state index in [0.717, 1.165) is 13.0 Å². The lowest BCUT2D eigenvalue weighted by atomic mass is 9.99. The minimum atomic E-state index is 0. The molecule has 0 bridgehead atoms. The molecule has 0 aromatic carbocycles. The number of hydrogen-bond donors (Lipinski definition) is 2. The van der Waals surface area contributed by atoms with Crippen LogP contribution in [0, 0.1) is 0 Å². The van der Waals surface area contributed by atoms with Gasteiger partial charge in [0.25, 0.3) is 0 Å². The molecule has 1 atom stereocenters. The Morgan fingerprint density at radius 2 is 2.29 bits per heavy atom. The number of carbonyl (C=O) groups is 1. The summed E-state index contributed by atoms with van der Waals surface area (Å²) in [5.41, 5.74) is 5.59. The smallest absolute Gasteiger partial charge is 0.234 e. The third kappa shape index (κ3) is 6.05. The minimum Gasteiger partial charge on any atom is -0.352 e. The van der Waals surface area contributed by atoms with Crippen LogP contribution in [0.15, 0.2) is 12.7 Å². The Balaban J connectivity index is 0.00000256. The first kappa shape index (κ1) is 16.4. The lowest BCUT2D eigenvalue weighted by Crippen LogP contribution is -2.46. The molecule has 0 aromatic rings. The number of carbonyl (C=O) groups excluding carboxylic acids is 1. The number of likely N-dealkylation sites (tertiary alicyclic amines) is 1. The lowest BCUT2D eigenvalue weighted by molar-refractivity contribution is -0.123. The van der Waals surface area contributed by atoms with Gasteiger partial charge in [0.15, 0.2) is 0 Å². The summed E-state index contributed by atoms with van der Waals surface area (Å²) in [5, 5.41) is 2.81. The molecular weight excluding hydrogens is 238 g/mol. The van der Waals surface area contributed by atoms with Gasteiger partial charge in [-0.2, -0.15) is 0 Å². The van der Waals surface area contributed by atoms with E-state index in [1.54, 1.807) is 6.08 Å². The molecule has 1 unspecified atom stereocenters.